The van der Waals surface area contributed by atoms with E-state index in [2.05, 4.69) is 9.82 Å². The van der Waals surface area contributed by atoms with Gasteiger partial charge in [-0.25, -0.2) is 13.1 Å². The van der Waals surface area contributed by atoms with Gasteiger partial charge in [0.25, 0.3) is 0 Å². The molecule has 0 radical (unpaired) electrons. The largest absolute Gasteiger partial charge is 0.268 e. The maximum Gasteiger partial charge on any atom is 0.234 e. The normalized spacial score (nSPS) is 21.7. The van der Waals surface area contributed by atoms with Crippen LogP contribution in [0.25, 0.3) is 0 Å². The molecule has 0 aromatic carbocycles. The van der Waals surface area contributed by atoms with Crippen LogP contribution in [0.3, 0.4) is 0 Å². The number of nitrogens with zero attached hydrogens (tertiary/aromatic N) is 2. The molecule has 1 aromatic heterocycles. The average Bonchev–Trinajstić information content (AvgIpc) is 3.10. The lowest BCUT2D eigenvalue weighted by atomic mass is 9.96. The van der Waals surface area contributed by atoms with Crippen molar-refractivity contribution in [2.24, 2.45) is 5.92 Å². The van der Waals surface area contributed by atoms with E-state index >= 15 is 0 Å². The monoisotopic (exact) mass is 311 g/mol. The van der Waals surface area contributed by atoms with Crippen molar-refractivity contribution in [1.82, 2.24) is 9.78 Å². The summed E-state index contributed by atoms with van der Waals surface area (Å²) in [6, 6.07) is 2.12. The van der Waals surface area contributed by atoms with Gasteiger partial charge in [0.05, 0.1) is 18.0 Å². The molecule has 0 spiro atoms. The van der Waals surface area contributed by atoms with Crippen LogP contribution in [0.1, 0.15) is 63.8 Å². The van der Waals surface area contributed by atoms with Crippen LogP contribution < -0.4 is 4.72 Å². The topological polar surface area (TPSA) is 64.0 Å². The first kappa shape index (κ1) is 14.9. The van der Waals surface area contributed by atoms with Crippen molar-refractivity contribution in [3.05, 3.63) is 12.3 Å². The van der Waals surface area contributed by atoms with Crippen molar-refractivity contribution in [1.29, 1.82) is 0 Å². The molecule has 1 heterocycles. The predicted octanol–water partition coefficient (Wildman–Crippen LogP) is 3.32. The van der Waals surface area contributed by atoms with Crippen molar-refractivity contribution in [3.63, 3.8) is 0 Å². The van der Waals surface area contributed by atoms with Crippen LogP contribution in [-0.2, 0) is 10.0 Å². The van der Waals surface area contributed by atoms with E-state index in [-0.39, 0.29) is 5.75 Å². The highest BCUT2D eigenvalue weighted by atomic mass is 32.2. The molecule has 3 rings (SSSR count). The van der Waals surface area contributed by atoms with Gasteiger partial charge in [-0.05, 0) is 31.6 Å². The molecule has 0 unspecified atom stereocenters. The van der Waals surface area contributed by atoms with Gasteiger partial charge < -0.3 is 0 Å². The Hall–Kier alpha value is -1.04. The van der Waals surface area contributed by atoms with Gasteiger partial charge in [0.1, 0.15) is 5.82 Å². The summed E-state index contributed by atoms with van der Waals surface area (Å²) >= 11 is 0. The molecule has 1 aromatic rings. The fourth-order valence-corrected chi connectivity index (χ4v) is 5.22. The first-order valence-electron chi connectivity index (χ1n) is 8.18. The molecule has 0 atom stereocenters. The predicted molar refractivity (Wildman–Crippen MR) is 83.7 cm³/mol. The molecule has 2 fully saturated rings. The van der Waals surface area contributed by atoms with Crippen molar-refractivity contribution in [3.8, 4) is 0 Å². The fourth-order valence-electron chi connectivity index (χ4n) is 3.70. The van der Waals surface area contributed by atoms with Gasteiger partial charge in [-0.15, -0.1) is 0 Å². The van der Waals surface area contributed by atoms with Crippen LogP contribution in [0.4, 0.5) is 5.82 Å². The lowest BCUT2D eigenvalue weighted by Gasteiger charge is -2.24. The second-order valence-corrected chi connectivity index (χ2v) is 8.25. The van der Waals surface area contributed by atoms with Gasteiger partial charge in [-0.3, -0.25) is 4.72 Å². The molecule has 118 valence electrons. The Labute approximate surface area is 127 Å². The molecule has 2 saturated carbocycles. The van der Waals surface area contributed by atoms with E-state index in [0.717, 1.165) is 25.7 Å². The van der Waals surface area contributed by atoms with Gasteiger partial charge in [0, 0.05) is 6.07 Å². The van der Waals surface area contributed by atoms with Gasteiger partial charge in [0.2, 0.25) is 10.0 Å². The number of sulfonamides is 1. The first-order valence-corrected chi connectivity index (χ1v) is 9.83. The Kier molecular flexibility index (Phi) is 4.52. The van der Waals surface area contributed by atoms with E-state index in [1.807, 2.05) is 4.68 Å². The summed E-state index contributed by atoms with van der Waals surface area (Å²) in [6.07, 6.45) is 12.0. The SMILES string of the molecule is O=S(=O)(CC1CCCC1)Nc1ccnn1C1CCCCC1. The maximum atomic E-state index is 12.3. The molecule has 0 amide bonds. The quantitative estimate of drug-likeness (QED) is 0.907. The molecule has 1 N–H and O–H groups in total. The Bertz CT molecular complexity index is 555. The Balaban J connectivity index is 1.67. The minimum absolute atomic E-state index is 0.253. The van der Waals surface area contributed by atoms with Crippen LogP contribution in [0.5, 0.6) is 0 Å². The van der Waals surface area contributed by atoms with Gasteiger partial charge in [0.15, 0.2) is 0 Å². The lowest BCUT2D eigenvalue weighted by molar-refractivity contribution is 0.333. The highest BCUT2D eigenvalue weighted by molar-refractivity contribution is 7.92. The minimum atomic E-state index is -3.26. The zero-order valence-corrected chi connectivity index (χ0v) is 13.3. The van der Waals surface area contributed by atoms with Crippen LogP contribution in [0.2, 0.25) is 0 Å². The van der Waals surface area contributed by atoms with Crippen LogP contribution in [0.15, 0.2) is 12.3 Å². The molecule has 6 heteroatoms. The summed E-state index contributed by atoms with van der Waals surface area (Å²) in [5, 5.41) is 4.35. The average molecular weight is 311 g/mol. The zero-order chi connectivity index (χ0) is 14.7. The number of aromatic nitrogens is 2. The standard InChI is InChI=1S/C15H25N3O2S/c19-21(20,12-13-6-4-5-7-13)17-15-10-11-16-18(15)14-8-2-1-3-9-14/h10-11,13-14,17H,1-9,12H2. The molecular weight excluding hydrogens is 286 g/mol. The van der Waals surface area contributed by atoms with Gasteiger partial charge in [-0.2, -0.15) is 5.10 Å². The second-order valence-electron chi connectivity index (χ2n) is 6.49. The number of hydrogen-bond acceptors (Lipinski definition) is 3. The molecule has 0 saturated heterocycles. The van der Waals surface area contributed by atoms with Gasteiger partial charge in [-0.1, -0.05) is 32.1 Å². The molecular formula is C15H25N3O2S. The number of anilines is 1. The van der Waals surface area contributed by atoms with Crippen LogP contribution in [-0.4, -0.2) is 24.0 Å². The Morgan fingerprint density at radius 3 is 2.48 bits per heavy atom. The third-order valence-corrected chi connectivity index (χ3v) is 6.21. The van der Waals surface area contributed by atoms with E-state index in [1.54, 1.807) is 12.3 Å². The van der Waals surface area contributed by atoms with E-state index < -0.39 is 10.0 Å². The first-order chi connectivity index (χ1) is 10.1. The molecule has 2 aliphatic carbocycles. The molecule has 21 heavy (non-hydrogen) atoms. The van der Waals surface area contributed by atoms with Crippen molar-refractivity contribution < 1.29 is 8.42 Å². The van der Waals surface area contributed by atoms with E-state index in [9.17, 15) is 8.42 Å². The maximum absolute atomic E-state index is 12.3. The minimum Gasteiger partial charge on any atom is -0.268 e. The van der Waals surface area contributed by atoms with Crippen molar-refractivity contribution in [2.75, 3.05) is 10.5 Å². The summed E-state index contributed by atoms with van der Waals surface area (Å²) in [7, 11) is -3.26. The smallest absolute Gasteiger partial charge is 0.234 e. The number of nitrogens with one attached hydrogen (secondary N) is 1. The zero-order valence-electron chi connectivity index (χ0n) is 12.5. The highest BCUT2D eigenvalue weighted by Gasteiger charge is 2.25. The highest BCUT2D eigenvalue weighted by Crippen LogP contribution is 2.31. The number of rotatable bonds is 5. The number of hydrogen-bond donors (Lipinski definition) is 1. The van der Waals surface area contributed by atoms with E-state index in [4.69, 9.17) is 0 Å². The second kappa shape index (κ2) is 6.38. The summed E-state index contributed by atoms with van der Waals surface area (Å²) in [5.41, 5.74) is 0. The van der Waals surface area contributed by atoms with Crippen molar-refractivity contribution in [2.45, 2.75) is 63.8 Å². The third kappa shape index (κ3) is 3.78. The molecule has 2 aliphatic rings. The summed E-state index contributed by atoms with van der Waals surface area (Å²) in [4.78, 5) is 0. The van der Waals surface area contributed by atoms with Crippen molar-refractivity contribution >= 4 is 15.8 Å². The molecule has 0 bridgehead atoms. The van der Waals surface area contributed by atoms with Gasteiger partial charge >= 0.3 is 0 Å². The Morgan fingerprint density at radius 2 is 1.76 bits per heavy atom. The summed E-state index contributed by atoms with van der Waals surface area (Å²) < 4.78 is 29.3. The fraction of sp³-hybridized carbons (Fsp3) is 0.800. The Morgan fingerprint density at radius 1 is 1.10 bits per heavy atom. The van der Waals surface area contributed by atoms with E-state index in [0.29, 0.717) is 17.8 Å². The third-order valence-electron chi connectivity index (χ3n) is 4.78. The van der Waals surface area contributed by atoms with E-state index in [1.165, 1.54) is 32.1 Å². The van der Waals surface area contributed by atoms with Crippen LogP contribution >= 0.6 is 0 Å². The molecule has 0 aliphatic heterocycles. The summed E-state index contributed by atoms with van der Waals surface area (Å²) in [6.45, 7) is 0. The van der Waals surface area contributed by atoms with Crippen LogP contribution in [0, 0.1) is 5.92 Å². The lowest BCUT2D eigenvalue weighted by Crippen LogP contribution is -2.24. The summed E-state index contributed by atoms with van der Waals surface area (Å²) in [5.74, 6) is 1.22. The molecule has 5 nitrogen and oxygen atoms in total.